The standard InChI is InChI=1S/C17H16F3N7OS/c1-26-15(10-2-3-10)24-25-16(26)29-7-14(28)23-12-6-11(17(18,19)20)4-5-13(12)27-9-21-8-22-27/h4-6,8-10H,2-3,7H2,1H3,(H,23,28). The zero-order chi connectivity index (χ0) is 20.6. The molecule has 1 N–H and O–H groups in total. The molecule has 152 valence electrons. The third kappa shape index (κ3) is 4.26. The lowest BCUT2D eigenvalue weighted by Gasteiger charge is -2.14. The summed E-state index contributed by atoms with van der Waals surface area (Å²) in [6, 6.07) is 3.05. The van der Waals surface area contributed by atoms with Gasteiger partial charge in [0.15, 0.2) is 5.16 Å². The van der Waals surface area contributed by atoms with Crippen LogP contribution in [0.2, 0.25) is 0 Å². The maximum atomic E-state index is 13.1. The van der Waals surface area contributed by atoms with Gasteiger partial charge in [0, 0.05) is 13.0 Å². The Labute approximate surface area is 167 Å². The van der Waals surface area contributed by atoms with Gasteiger partial charge in [-0.1, -0.05) is 11.8 Å². The molecule has 3 aromatic rings. The van der Waals surface area contributed by atoms with Crippen molar-refractivity contribution in [1.29, 1.82) is 0 Å². The van der Waals surface area contributed by atoms with Crippen LogP contribution in [0.4, 0.5) is 18.9 Å². The van der Waals surface area contributed by atoms with Crippen LogP contribution in [0.25, 0.3) is 5.69 Å². The first-order valence-electron chi connectivity index (χ1n) is 8.71. The Morgan fingerprint density at radius 3 is 2.76 bits per heavy atom. The van der Waals surface area contributed by atoms with Crippen molar-refractivity contribution in [2.24, 2.45) is 7.05 Å². The van der Waals surface area contributed by atoms with Crippen LogP contribution >= 0.6 is 11.8 Å². The molecule has 1 aliphatic rings. The normalized spacial score (nSPS) is 14.2. The first kappa shape index (κ1) is 19.4. The fourth-order valence-electron chi connectivity index (χ4n) is 2.81. The molecule has 1 amide bonds. The number of anilines is 1. The fourth-order valence-corrected chi connectivity index (χ4v) is 3.53. The first-order valence-corrected chi connectivity index (χ1v) is 9.69. The number of nitrogens with zero attached hydrogens (tertiary/aromatic N) is 6. The van der Waals surface area contributed by atoms with Crippen molar-refractivity contribution in [3.63, 3.8) is 0 Å². The summed E-state index contributed by atoms with van der Waals surface area (Å²) in [7, 11) is 1.84. The monoisotopic (exact) mass is 423 g/mol. The number of aromatic nitrogens is 6. The fraction of sp³-hybridized carbons (Fsp3) is 0.353. The number of nitrogens with one attached hydrogen (secondary N) is 1. The SMILES string of the molecule is Cn1c(SCC(=O)Nc2cc(C(F)(F)F)ccc2-n2cncn2)nnc1C1CC1. The summed E-state index contributed by atoms with van der Waals surface area (Å²) in [4.78, 5) is 16.2. The molecule has 0 aliphatic heterocycles. The molecule has 8 nitrogen and oxygen atoms in total. The molecule has 2 heterocycles. The lowest BCUT2D eigenvalue weighted by Crippen LogP contribution is -2.17. The van der Waals surface area contributed by atoms with Crippen LogP contribution in [-0.2, 0) is 18.0 Å². The van der Waals surface area contributed by atoms with Gasteiger partial charge in [-0.2, -0.15) is 18.3 Å². The molecule has 0 bridgehead atoms. The number of halogens is 3. The Morgan fingerprint density at radius 2 is 2.10 bits per heavy atom. The molecule has 1 saturated carbocycles. The summed E-state index contributed by atoms with van der Waals surface area (Å²) < 4.78 is 42.4. The molecular formula is C17H16F3N7OS. The molecule has 2 aromatic heterocycles. The first-order chi connectivity index (χ1) is 13.8. The number of benzene rings is 1. The van der Waals surface area contributed by atoms with Crippen LogP contribution in [0.3, 0.4) is 0 Å². The van der Waals surface area contributed by atoms with Gasteiger partial charge in [0.2, 0.25) is 5.91 Å². The molecule has 0 spiro atoms. The van der Waals surface area contributed by atoms with Crippen molar-refractivity contribution in [3.8, 4) is 5.69 Å². The lowest BCUT2D eigenvalue weighted by atomic mass is 10.1. The Bertz CT molecular complexity index is 1030. The van der Waals surface area contributed by atoms with Crippen LogP contribution in [0.15, 0.2) is 36.0 Å². The lowest BCUT2D eigenvalue weighted by molar-refractivity contribution is -0.137. The minimum absolute atomic E-state index is 0.00689. The van der Waals surface area contributed by atoms with E-state index in [0.717, 1.165) is 30.8 Å². The maximum Gasteiger partial charge on any atom is 0.416 e. The van der Waals surface area contributed by atoms with Crippen molar-refractivity contribution in [3.05, 3.63) is 42.2 Å². The summed E-state index contributed by atoms with van der Waals surface area (Å²) in [6.45, 7) is 0. The van der Waals surface area contributed by atoms with E-state index in [1.807, 2.05) is 11.6 Å². The summed E-state index contributed by atoms with van der Waals surface area (Å²) in [5.74, 6) is 0.820. The second kappa shape index (κ2) is 7.50. The van der Waals surface area contributed by atoms with Crippen molar-refractivity contribution >= 4 is 23.4 Å². The maximum absolute atomic E-state index is 13.1. The highest BCUT2D eigenvalue weighted by molar-refractivity contribution is 7.99. The molecule has 0 saturated heterocycles. The van der Waals surface area contributed by atoms with Crippen molar-refractivity contribution in [2.45, 2.75) is 30.1 Å². The Kier molecular flexibility index (Phi) is 5.03. The molecular weight excluding hydrogens is 407 g/mol. The second-order valence-corrected chi connectivity index (χ2v) is 7.52. The summed E-state index contributed by atoms with van der Waals surface area (Å²) in [6.07, 6.45) is 0.221. The second-order valence-electron chi connectivity index (χ2n) is 6.58. The molecule has 4 rings (SSSR count). The number of amides is 1. The van der Waals surface area contributed by atoms with E-state index in [1.165, 1.54) is 35.2 Å². The summed E-state index contributed by atoms with van der Waals surface area (Å²) in [5.41, 5.74) is -0.595. The van der Waals surface area contributed by atoms with Gasteiger partial charge in [-0.05, 0) is 31.0 Å². The van der Waals surface area contributed by atoms with Crippen LogP contribution < -0.4 is 5.32 Å². The van der Waals surface area contributed by atoms with Crippen LogP contribution in [-0.4, -0.2) is 41.2 Å². The predicted octanol–water partition coefficient (Wildman–Crippen LogP) is 3.02. The van der Waals surface area contributed by atoms with Crippen molar-refractivity contribution < 1.29 is 18.0 Å². The van der Waals surface area contributed by atoms with E-state index in [9.17, 15) is 18.0 Å². The average molecular weight is 423 g/mol. The Hall–Kier alpha value is -2.89. The summed E-state index contributed by atoms with van der Waals surface area (Å²) >= 11 is 1.17. The zero-order valence-electron chi connectivity index (χ0n) is 15.2. The molecule has 1 aliphatic carbocycles. The average Bonchev–Trinajstić information content (AvgIpc) is 3.22. The highest BCUT2D eigenvalue weighted by Gasteiger charge is 2.32. The van der Waals surface area contributed by atoms with E-state index in [4.69, 9.17) is 0 Å². The molecule has 1 aromatic carbocycles. The summed E-state index contributed by atoms with van der Waals surface area (Å²) in [5, 5.41) is 15.3. The third-order valence-corrected chi connectivity index (χ3v) is 5.43. The van der Waals surface area contributed by atoms with Gasteiger partial charge in [0.1, 0.15) is 18.5 Å². The third-order valence-electron chi connectivity index (χ3n) is 4.41. The van der Waals surface area contributed by atoms with E-state index in [0.29, 0.717) is 11.1 Å². The van der Waals surface area contributed by atoms with E-state index in [-0.39, 0.29) is 17.1 Å². The van der Waals surface area contributed by atoms with Crippen LogP contribution in [0, 0.1) is 0 Å². The number of rotatable bonds is 6. The van der Waals surface area contributed by atoms with Gasteiger partial charge in [0.05, 0.1) is 22.7 Å². The molecule has 1 fully saturated rings. The minimum atomic E-state index is -4.53. The highest BCUT2D eigenvalue weighted by Crippen LogP contribution is 2.39. The number of hydrogen-bond donors (Lipinski definition) is 1. The molecule has 0 radical (unpaired) electrons. The van der Waals surface area contributed by atoms with E-state index >= 15 is 0 Å². The van der Waals surface area contributed by atoms with E-state index in [1.54, 1.807) is 0 Å². The number of carbonyl (C=O) groups is 1. The molecule has 29 heavy (non-hydrogen) atoms. The predicted molar refractivity (Wildman–Crippen MR) is 98.7 cm³/mol. The van der Waals surface area contributed by atoms with Crippen LogP contribution in [0.1, 0.15) is 30.1 Å². The van der Waals surface area contributed by atoms with Gasteiger partial charge < -0.3 is 9.88 Å². The van der Waals surface area contributed by atoms with Crippen molar-refractivity contribution in [2.75, 3.05) is 11.1 Å². The number of carbonyl (C=O) groups excluding carboxylic acids is 1. The smallest absolute Gasteiger partial charge is 0.323 e. The zero-order valence-corrected chi connectivity index (χ0v) is 16.0. The quantitative estimate of drug-likeness (QED) is 0.613. The van der Waals surface area contributed by atoms with Gasteiger partial charge in [-0.25, -0.2) is 9.67 Å². The highest BCUT2D eigenvalue weighted by atomic mass is 32.2. The molecule has 0 atom stereocenters. The number of alkyl halides is 3. The molecule has 0 unspecified atom stereocenters. The van der Waals surface area contributed by atoms with E-state index < -0.39 is 17.6 Å². The van der Waals surface area contributed by atoms with E-state index in [2.05, 4.69) is 25.6 Å². The van der Waals surface area contributed by atoms with Gasteiger partial charge in [-0.3, -0.25) is 4.79 Å². The Balaban J connectivity index is 1.50. The largest absolute Gasteiger partial charge is 0.416 e. The van der Waals surface area contributed by atoms with Gasteiger partial charge in [0.25, 0.3) is 0 Å². The van der Waals surface area contributed by atoms with Gasteiger partial charge >= 0.3 is 6.18 Å². The van der Waals surface area contributed by atoms with Crippen LogP contribution in [0.5, 0.6) is 0 Å². The minimum Gasteiger partial charge on any atom is -0.323 e. The number of thioether (sulfide) groups is 1. The Morgan fingerprint density at radius 1 is 1.31 bits per heavy atom. The topological polar surface area (TPSA) is 90.5 Å². The van der Waals surface area contributed by atoms with Gasteiger partial charge in [-0.15, -0.1) is 10.2 Å². The molecule has 12 heteroatoms. The number of hydrogen-bond acceptors (Lipinski definition) is 6. The van der Waals surface area contributed by atoms with Crippen molar-refractivity contribution in [1.82, 2.24) is 29.5 Å².